The van der Waals surface area contributed by atoms with Crippen molar-refractivity contribution in [2.45, 2.75) is 45.7 Å². The number of anilines is 2. The van der Waals surface area contributed by atoms with Gasteiger partial charge in [0.25, 0.3) is 0 Å². The number of para-hydroxylation sites is 1. The van der Waals surface area contributed by atoms with Crippen LogP contribution in [0.4, 0.5) is 11.6 Å². The number of methoxy groups -OCH3 is 1. The van der Waals surface area contributed by atoms with Crippen LogP contribution in [0.3, 0.4) is 0 Å². The summed E-state index contributed by atoms with van der Waals surface area (Å²) in [4.78, 5) is 15.0. The van der Waals surface area contributed by atoms with E-state index < -0.39 is 0 Å². The molecule has 0 spiro atoms. The maximum Gasteiger partial charge on any atom is 0.243 e. The molecule has 7 heteroatoms. The quantitative estimate of drug-likeness (QED) is 0.199. The van der Waals surface area contributed by atoms with Gasteiger partial charge in [-0.25, -0.2) is 9.97 Å². The molecular formula is C33H37N5O2. The molecule has 0 bridgehead atoms. The Balaban J connectivity index is 1.33. The summed E-state index contributed by atoms with van der Waals surface area (Å²) in [6.45, 7) is 9.57. The Labute approximate surface area is 236 Å². The number of aromatic amines is 1. The number of H-pyrrole nitrogens is 1. The van der Waals surface area contributed by atoms with E-state index in [1.807, 2.05) is 42.5 Å². The molecule has 2 N–H and O–H groups in total. The third kappa shape index (κ3) is 6.10. The van der Waals surface area contributed by atoms with Gasteiger partial charge in [-0.05, 0) is 73.0 Å². The Morgan fingerprint density at radius 3 is 2.50 bits per heavy atom. The zero-order valence-corrected chi connectivity index (χ0v) is 24.0. The largest absolute Gasteiger partial charge is 0.497 e. The van der Waals surface area contributed by atoms with Crippen molar-refractivity contribution in [2.24, 2.45) is 0 Å². The zero-order valence-electron chi connectivity index (χ0n) is 24.0. The predicted molar refractivity (Wildman–Crippen MR) is 162 cm³/mol. The van der Waals surface area contributed by atoms with Crippen molar-refractivity contribution in [3.63, 3.8) is 0 Å². The number of aromatic nitrogens is 3. The van der Waals surface area contributed by atoms with Crippen LogP contribution < -0.4 is 14.8 Å². The third-order valence-corrected chi connectivity index (χ3v) is 7.17. The molecule has 206 valence electrons. The van der Waals surface area contributed by atoms with Gasteiger partial charge in [-0.15, -0.1) is 0 Å². The molecule has 5 aromatic rings. The van der Waals surface area contributed by atoms with Gasteiger partial charge in [0.2, 0.25) is 11.8 Å². The number of hydrogen-bond donors (Lipinski definition) is 2. The lowest BCUT2D eigenvalue weighted by Crippen LogP contribution is -2.21. The van der Waals surface area contributed by atoms with Gasteiger partial charge in [-0.1, -0.05) is 57.2 Å². The second-order valence-corrected chi connectivity index (χ2v) is 11.1. The summed E-state index contributed by atoms with van der Waals surface area (Å²) in [6, 6.07) is 26.7. The van der Waals surface area contributed by atoms with Crippen LogP contribution in [0.25, 0.3) is 11.0 Å². The first-order valence-corrected chi connectivity index (χ1v) is 13.5. The lowest BCUT2D eigenvalue weighted by molar-refractivity contribution is 0.253. The Morgan fingerprint density at radius 1 is 0.975 bits per heavy atom. The molecule has 0 amide bonds. The van der Waals surface area contributed by atoms with E-state index >= 15 is 0 Å². The average Bonchev–Trinajstić information content (AvgIpc) is 3.35. The molecule has 0 saturated carbocycles. The van der Waals surface area contributed by atoms with E-state index in [4.69, 9.17) is 14.5 Å². The van der Waals surface area contributed by atoms with Crippen molar-refractivity contribution in [3.05, 3.63) is 102 Å². The molecule has 0 saturated heterocycles. The second kappa shape index (κ2) is 11.4. The van der Waals surface area contributed by atoms with E-state index in [1.165, 1.54) is 11.1 Å². The number of hydrogen-bond acceptors (Lipinski definition) is 6. The van der Waals surface area contributed by atoms with Gasteiger partial charge in [0.15, 0.2) is 0 Å². The third-order valence-electron chi connectivity index (χ3n) is 7.17. The van der Waals surface area contributed by atoms with Crippen LogP contribution in [0.2, 0.25) is 0 Å². The molecule has 0 fully saturated rings. The lowest BCUT2D eigenvalue weighted by atomic mass is 9.86. The van der Waals surface area contributed by atoms with Crippen LogP contribution in [0.5, 0.6) is 17.4 Å². The Bertz CT molecular complexity index is 1590. The van der Waals surface area contributed by atoms with Gasteiger partial charge < -0.3 is 19.8 Å². The fraction of sp³-hybridized carbons (Fsp3) is 0.273. The summed E-state index contributed by atoms with van der Waals surface area (Å²) in [6.07, 6.45) is 1.73. The number of ether oxygens (including phenoxy) is 2. The molecule has 40 heavy (non-hydrogen) atoms. The number of nitrogens with one attached hydrogen (secondary N) is 2. The summed E-state index contributed by atoms with van der Waals surface area (Å²) in [7, 11) is 3.83. The van der Waals surface area contributed by atoms with Crippen LogP contribution >= 0.6 is 0 Å². The molecule has 1 atom stereocenters. The summed E-state index contributed by atoms with van der Waals surface area (Å²) in [5, 5.41) is 3.38. The standard InChI is InChI=1S/C33H37N5O2/c1-22(38(5)21-23-13-16-25(39-6)17-14-23)24-15-18-27-29(20-24)37-32(35-27)36-28-11-9-19-34-31(28)40-30-12-8-7-10-26(30)33(2,3)4/h7-20,22H,21H2,1-6H3,(H2,35,36,37). The van der Waals surface area contributed by atoms with E-state index in [9.17, 15) is 0 Å². The minimum absolute atomic E-state index is 0.0603. The van der Waals surface area contributed by atoms with Crippen molar-refractivity contribution in [1.29, 1.82) is 0 Å². The number of imidazole rings is 1. The Hall–Kier alpha value is -4.36. The van der Waals surface area contributed by atoms with Crippen LogP contribution in [-0.4, -0.2) is 34.0 Å². The van der Waals surface area contributed by atoms with Gasteiger partial charge in [-0.2, -0.15) is 0 Å². The van der Waals surface area contributed by atoms with Crippen LogP contribution in [-0.2, 0) is 12.0 Å². The maximum atomic E-state index is 6.32. The molecule has 5 rings (SSSR count). The van der Waals surface area contributed by atoms with Crippen LogP contribution in [0.15, 0.2) is 85.1 Å². The molecule has 3 aromatic carbocycles. The first kappa shape index (κ1) is 27.2. The summed E-state index contributed by atoms with van der Waals surface area (Å²) in [5.74, 6) is 2.79. The monoisotopic (exact) mass is 535 g/mol. The molecule has 1 unspecified atom stereocenters. The smallest absolute Gasteiger partial charge is 0.243 e. The zero-order chi connectivity index (χ0) is 28.3. The van der Waals surface area contributed by atoms with Gasteiger partial charge in [0.1, 0.15) is 17.2 Å². The molecule has 2 heterocycles. The first-order valence-electron chi connectivity index (χ1n) is 13.5. The van der Waals surface area contributed by atoms with Gasteiger partial charge in [-0.3, -0.25) is 4.90 Å². The Kier molecular flexibility index (Phi) is 7.76. The molecule has 7 nitrogen and oxygen atoms in total. The second-order valence-electron chi connectivity index (χ2n) is 11.1. The normalized spacial score (nSPS) is 12.5. The van der Waals surface area contributed by atoms with Crippen molar-refractivity contribution in [1.82, 2.24) is 19.9 Å². The summed E-state index contributed by atoms with van der Waals surface area (Å²) < 4.78 is 11.6. The van der Waals surface area contributed by atoms with E-state index in [0.29, 0.717) is 11.8 Å². The van der Waals surface area contributed by atoms with Crippen LogP contribution in [0.1, 0.15) is 50.4 Å². The average molecular weight is 536 g/mol. The highest BCUT2D eigenvalue weighted by atomic mass is 16.5. The highest BCUT2D eigenvalue weighted by Crippen LogP contribution is 2.36. The summed E-state index contributed by atoms with van der Waals surface area (Å²) >= 11 is 0. The predicted octanol–water partition coefficient (Wildman–Crippen LogP) is 7.99. The fourth-order valence-electron chi connectivity index (χ4n) is 4.73. The van der Waals surface area contributed by atoms with Crippen molar-refractivity contribution in [3.8, 4) is 17.4 Å². The van der Waals surface area contributed by atoms with E-state index in [0.717, 1.165) is 40.3 Å². The number of nitrogens with zero attached hydrogens (tertiary/aromatic N) is 3. The Morgan fingerprint density at radius 2 is 1.75 bits per heavy atom. The minimum Gasteiger partial charge on any atom is -0.497 e. The topological polar surface area (TPSA) is 75.3 Å². The molecule has 0 aliphatic carbocycles. The van der Waals surface area contributed by atoms with Gasteiger partial charge >= 0.3 is 0 Å². The van der Waals surface area contributed by atoms with Crippen LogP contribution in [0, 0.1) is 0 Å². The van der Waals surface area contributed by atoms with Gasteiger partial charge in [0.05, 0.1) is 18.1 Å². The maximum absolute atomic E-state index is 6.32. The van der Waals surface area contributed by atoms with Crippen molar-refractivity contribution >= 4 is 22.7 Å². The van der Waals surface area contributed by atoms with E-state index in [-0.39, 0.29) is 11.5 Å². The number of rotatable bonds is 9. The molecule has 0 aliphatic heterocycles. The molecular weight excluding hydrogens is 498 g/mol. The van der Waals surface area contributed by atoms with Crippen molar-refractivity contribution in [2.75, 3.05) is 19.5 Å². The number of fused-ring (bicyclic) bond motifs is 1. The number of benzene rings is 3. The summed E-state index contributed by atoms with van der Waals surface area (Å²) in [5.41, 5.74) is 6.10. The molecule has 2 aromatic heterocycles. The first-order chi connectivity index (χ1) is 19.2. The van der Waals surface area contributed by atoms with E-state index in [1.54, 1.807) is 13.3 Å². The number of pyridine rings is 1. The van der Waals surface area contributed by atoms with Gasteiger partial charge in [0, 0.05) is 24.3 Å². The van der Waals surface area contributed by atoms with Crippen molar-refractivity contribution < 1.29 is 9.47 Å². The SMILES string of the molecule is COc1ccc(CN(C)C(C)c2ccc3nc(Nc4cccnc4Oc4ccccc4C(C)(C)C)[nH]c3c2)cc1. The highest BCUT2D eigenvalue weighted by molar-refractivity contribution is 5.79. The minimum atomic E-state index is -0.0603. The fourth-order valence-corrected chi connectivity index (χ4v) is 4.73. The highest BCUT2D eigenvalue weighted by Gasteiger charge is 2.20. The lowest BCUT2D eigenvalue weighted by Gasteiger charge is -2.25. The molecule has 0 radical (unpaired) electrons. The molecule has 0 aliphatic rings. The van der Waals surface area contributed by atoms with E-state index in [2.05, 4.69) is 91.3 Å².